The van der Waals surface area contributed by atoms with Crippen molar-refractivity contribution >= 4 is 0 Å². The molecule has 0 spiro atoms. The maximum absolute atomic E-state index is 12.5. The molecular weight excluding hydrogens is 242 g/mol. The highest BCUT2D eigenvalue weighted by Gasteiger charge is 2.12. The molecule has 0 aliphatic carbocycles. The van der Waals surface area contributed by atoms with Crippen molar-refractivity contribution < 1.29 is 18.6 Å². The predicted octanol–water partition coefficient (Wildman–Crippen LogP) is 2.45. The zero-order valence-electron chi connectivity index (χ0n) is 9.68. The molecule has 0 bridgehead atoms. The molecule has 0 amide bonds. The molecular formula is C12H12F2N2O2. The molecule has 1 aromatic carbocycles. The number of aliphatic hydroxyl groups excluding tert-OH is 1. The Morgan fingerprint density at radius 2 is 2.22 bits per heavy atom. The summed E-state index contributed by atoms with van der Waals surface area (Å²) in [5, 5.41) is 12.7. The molecule has 1 aromatic heterocycles. The molecule has 0 saturated heterocycles. The number of hydrogen-bond donors (Lipinski definition) is 1. The zero-order chi connectivity index (χ0) is 13.1. The minimum atomic E-state index is -2.68. The van der Waals surface area contributed by atoms with Crippen molar-refractivity contribution in [3.63, 3.8) is 0 Å². The summed E-state index contributed by atoms with van der Waals surface area (Å²) in [7, 11) is 1.50. The second-order valence-electron chi connectivity index (χ2n) is 3.68. The molecule has 4 nitrogen and oxygen atoms in total. The van der Waals surface area contributed by atoms with Crippen molar-refractivity contribution in [2.75, 3.05) is 7.11 Å². The molecule has 96 valence electrons. The fourth-order valence-electron chi connectivity index (χ4n) is 1.66. The number of nitrogens with zero attached hydrogens (tertiary/aromatic N) is 2. The molecule has 1 heterocycles. The Hall–Kier alpha value is -1.95. The molecule has 6 heteroatoms. The average Bonchev–Trinajstić information content (AvgIpc) is 2.87. The molecule has 0 aliphatic rings. The number of hydrogen-bond acceptors (Lipinski definition) is 3. The molecule has 0 fully saturated rings. The Balaban J connectivity index is 2.46. The van der Waals surface area contributed by atoms with E-state index in [1.54, 1.807) is 18.2 Å². The van der Waals surface area contributed by atoms with Crippen molar-refractivity contribution in [1.82, 2.24) is 9.78 Å². The third-order valence-corrected chi connectivity index (χ3v) is 2.56. The standard InChI is InChI=1S/C12H12F2N2O2/c1-18-11-3-2-8(7-17)4-10(11)9-5-15-16(6-9)12(13)14/h2-6,12,17H,7H2,1H3. The van der Waals surface area contributed by atoms with Crippen LogP contribution in [0.25, 0.3) is 11.1 Å². The topological polar surface area (TPSA) is 47.3 Å². The number of halogens is 2. The molecule has 2 rings (SSSR count). The van der Waals surface area contributed by atoms with Crippen LogP contribution in [0.4, 0.5) is 8.78 Å². The van der Waals surface area contributed by atoms with Crippen LogP contribution in [0.1, 0.15) is 12.1 Å². The van der Waals surface area contributed by atoms with E-state index < -0.39 is 6.55 Å². The number of aliphatic hydroxyl groups is 1. The Morgan fingerprint density at radius 1 is 1.44 bits per heavy atom. The predicted molar refractivity (Wildman–Crippen MR) is 61.4 cm³/mol. The summed E-state index contributed by atoms with van der Waals surface area (Å²) >= 11 is 0. The van der Waals surface area contributed by atoms with E-state index in [4.69, 9.17) is 9.84 Å². The van der Waals surface area contributed by atoms with E-state index in [2.05, 4.69) is 5.10 Å². The monoisotopic (exact) mass is 254 g/mol. The Morgan fingerprint density at radius 3 is 2.78 bits per heavy atom. The second kappa shape index (κ2) is 5.14. The van der Waals surface area contributed by atoms with Gasteiger partial charge < -0.3 is 9.84 Å². The third kappa shape index (κ3) is 2.33. The first-order valence-corrected chi connectivity index (χ1v) is 5.26. The van der Waals surface area contributed by atoms with Gasteiger partial charge in [0.25, 0.3) is 0 Å². The molecule has 2 aromatic rings. The first kappa shape index (κ1) is 12.5. The van der Waals surface area contributed by atoms with E-state index in [1.807, 2.05) is 0 Å². The minimum Gasteiger partial charge on any atom is -0.496 e. The van der Waals surface area contributed by atoms with Gasteiger partial charge in [-0.3, -0.25) is 0 Å². The number of benzene rings is 1. The van der Waals surface area contributed by atoms with Crippen molar-refractivity contribution in [2.24, 2.45) is 0 Å². The van der Waals surface area contributed by atoms with Gasteiger partial charge in [-0.2, -0.15) is 13.9 Å². The van der Waals surface area contributed by atoms with Crippen molar-refractivity contribution in [3.8, 4) is 16.9 Å². The molecule has 1 N–H and O–H groups in total. The molecule has 0 unspecified atom stereocenters. The van der Waals surface area contributed by atoms with E-state index in [1.165, 1.54) is 19.5 Å². The van der Waals surface area contributed by atoms with E-state index >= 15 is 0 Å². The lowest BCUT2D eigenvalue weighted by Gasteiger charge is -2.08. The number of alkyl halides is 2. The van der Waals surface area contributed by atoms with Gasteiger partial charge in [-0.05, 0) is 17.7 Å². The lowest BCUT2D eigenvalue weighted by atomic mass is 10.1. The van der Waals surface area contributed by atoms with E-state index in [-0.39, 0.29) is 6.61 Å². The lowest BCUT2D eigenvalue weighted by molar-refractivity contribution is 0.0566. The fourth-order valence-corrected chi connectivity index (χ4v) is 1.66. The molecule has 18 heavy (non-hydrogen) atoms. The van der Waals surface area contributed by atoms with Crippen LogP contribution >= 0.6 is 0 Å². The summed E-state index contributed by atoms with van der Waals surface area (Å²) in [5.74, 6) is 0.543. The van der Waals surface area contributed by atoms with Crippen LogP contribution in [0.3, 0.4) is 0 Å². The van der Waals surface area contributed by atoms with Crippen molar-refractivity contribution in [1.29, 1.82) is 0 Å². The van der Waals surface area contributed by atoms with Crippen molar-refractivity contribution in [3.05, 3.63) is 36.2 Å². The van der Waals surface area contributed by atoms with Crippen LogP contribution in [-0.2, 0) is 6.61 Å². The van der Waals surface area contributed by atoms with Gasteiger partial charge in [0.1, 0.15) is 5.75 Å². The van der Waals surface area contributed by atoms with Gasteiger partial charge >= 0.3 is 6.55 Å². The van der Waals surface area contributed by atoms with Gasteiger partial charge in [-0.1, -0.05) is 6.07 Å². The number of ether oxygens (including phenoxy) is 1. The van der Waals surface area contributed by atoms with Gasteiger partial charge in [0.2, 0.25) is 0 Å². The number of rotatable bonds is 4. The SMILES string of the molecule is COc1ccc(CO)cc1-c1cnn(C(F)F)c1. The number of methoxy groups -OCH3 is 1. The molecule has 0 atom stereocenters. The maximum atomic E-state index is 12.5. The summed E-state index contributed by atoms with van der Waals surface area (Å²) < 4.78 is 30.6. The highest BCUT2D eigenvalue weighted by Crippen LogP contribution is 2.31. The Labute approximate surface area is 102 Å². The van der Waals surface area contributed by atoms with Gasteiger partial charge in [0.05, 0.1) is 19.9 Å². The molecule has 0 aliphatic heterocycles. The van der Waals surface area contributed by atoms with Gasteiger partial charge in [0, 0.05) is 17.3 Å². The number of aromatic nitrogens is 2. The van der Waals surface area contributed by atoms with E-state index in [0.717, 1.165) is 0 Å². The summed E-state index contributed by atoms with van der Waals surface area (Å²) in [5.41, 5.74) is 1.81. The van der Waals surface area contributed by atoms with Gasteiger partial charge in [-0.25, -0.2) is 4.68 Å². The Bertz CT molecular complexity index is 541. The van der Waals surface area contributed by atoms with E-state index in [0.29, 0.717) is 27.1 Å². The van der Waals surface area contributed by atoms with Crippen LogP contribution in [0.15, 0.2) is 30.6 Å². The van der Waals surface area contributed by atoms with Gasteiger partial charge in [0.15, 0.2) is 0 Å². The average molecular weight is 254 g/mol. The van der Waals surface area contributed by atoms with Crippen LogP contribution in [0, 0.1) is 0 Å². The maximum Gasteiger partial charge on any atom is 0.333 e. The second-order valence-corrected chi connectivity index (χ2v) is 3.68. The lowest BCUT2D eigenvalue weighted by Crippen LogP contribution is -1.97. The summed E-state index contributed by atoms with van der Waals surface area (Å²) in [6, 6.07) is 5.08. The first-order chi connectivity index (χ1) is 8.65. The summed E-state index contributed by atoms with van der Waals surface area (Å²) in [6.45, 7) is -2.80. The first-order valence-electron chi connectivity index (χ1n) is 5.26. The highest BCUT2D eigenvalue weighted by molar-refractivity contribution is 5.70. The van der Waals surface area contributed by atoms with Crippen molar-refractivity contribution in [2.45, 2.75) is 13.2 Å². The quantitative estimate of drug-likeness (QED) is 0.911. The van der Waals surface area contributed by atoms with Crippen LogP contribution in [0.2, 0.25) is 0 Å². The smallest absolute Gasteiger partial charge is 0.333 e. The van der Waals surface area contributed by atoms with Gasteiger partial charge in [-0.15, -0.1) is 0 Å². The Kier molecular flexibility index (Phi) is 3.57. The molecule has 0 radical (unpaired) electrons. The third-order valence-electron chi connectivity index (χ3n) is 2.56. The van der Waals surface area contributed by atoms with Crippen LogP contribution in [0.5, 0.6) is 5.75 Å². The zero-order valence-corrected chi connectivity index (χ0v) is 9.68. The normalized spacial score (nSPS) is 10.9. The molecule has 0 saturated carbocycles. The summed E-state index contributed by atoms with van der Waals surface area (Å²) in [4.78, 5) is 0. The minimum absolute atomic E-state index is 0.125. The van der Waals surface area contributed by atoms with Crippen LogP contribution in [-0.4, -0.2) is 22.0 Å². The largest absolute Gasteiger partial charge is 0.496 e. The summed E-state index contributed by atoms with van der Waals surface area (Å²) in [6.07, 6.45) is 2.58. The fraction of sp³-hybridized carbons (Fsp3) is 0.250. The highest BCUT2D eigenvalue weighted by atomic mass is 19.3. The van der Waals surface area contributed by atoms with E-state index in [9.17, 15) is 8.78 Å². The van der Waals surface area contributed by atoms with Crippen LogP contribution < -0.4 is 4.74 Å².